The van der Waals surface area contributed by atoms with Gasteiger partial charge in [0.1, 0.15) is 5.75 Å². The monoisotopic (exact) mass is 277 g/mol. The Hall–Kier alpha value is -1.37. The summed E-state index contributed by atoms with van der Waals surface area (Å²) >= 11 is -0.350. The summed E-state index contributed by atoms with van der Waals surface area (Å²) < 4.78 is 41.0. The second-order valence-electron chi connectivity index (χ2n) is 3.70. The molecule has 0 atom stereocenters. The molecule has 1 aliphatic rings. The van der Waals surface area contributed by atoms with Crippen LogP contribution < -0.4 is 10.1 Å². The molecule has 0 spiro atoms. The Morgan fingerprint density at radius 2 is 2.22 bits per heavy atom. The minimum atomic E-state index is -4.39. The Bertz CT molecular complexity index is 462. The van der Waals surface area contributed by atoms with E-state index in [1.165, 1.54) is 0 Å². The van der Waals surface area contributed by atoms with Crippen molar-refractivity contribution in [2.45, 2.75) is 11.9 Å². The number of fused-ring (bicyclic) bond motifs is 1. The largest absolute Gasteiger partial charge is 0.493 e. The number of hydrogen-bond donors (Lipinski definition) is 1. The number of carbonyl (C=O) groups excluding carboxylic acids is 1. The van der Waals surface area contributed by atoms with Crippen molar-refractivity contribution >= 4 is 23.4 Å². The van der Waals surface area contributed by atoms with E-state index in [9.17, 15) is 18.0 Å². The van der Waals surface area contributed by atoms with Gasteiger partial charge in [0.05, 0.1) is 12.4 Å². The van der Waals surface area contributed by atoms with Crippen molar-refractivity contribution < 1.29 is 22.7 Å². The Morgan fingerprint density at radius 3 is 2.94 bits per heavy atom. The third-order valence-corrected chi connectivity index (χ3v) is 3.07. The molecule has 0 aliphatic carbocycles. The summed E-state index contributed by atoms with van der Waals surface area (Å²) in [4.78, 5) is 11.3. The van der Waals surface area contributed by atoms with Gasteiger partial charge in [0.25, 0.3) is 0 Å². The van der Waals surface area contributed by atoms with Gasteiger partial charge in [-0.05, 0) is 35.5 Å². The SMILES string of the molecule is O=C(CSC(F)(F)F)Nc1ccc2c(c1)CCO2. The second-order valence-corrected chi connectivity index (χ2v) is 4.74. The van der Waals surface area contributed by atoms with Gasteiger partial charge in [-0.15, -0.1) is 0 Å². The molecule has 0 fully saturated rings. The molecule has 1 aliphatic heterocycles. The topological polar surface area (TPSA) is 38.3 Å². The van der Waals surface area contributed by atoms with Crippen molar-refractivity contribution in [1.82, 2.24) is 0 Å². The molecule has 3 nitrogen and oxygen atoms in total. The molecular formula is C11H10F3NO2S. The maximum Gasteiger partial charge on any atom is 0.442 e. The molecule has 0 saturated heterocycles. The first-order valence-electron chi connectivity index (χ1n) is 5.20. The Labute approximate surface area is 106 Å². The minimum absolute atomic E-state index is 0.350. The smallest absolute Gasteiger partial charge is 0.442 e. The Morgan fingerprint density at radius 1 is 1.44 bits per heavy atom. The number of amides is 1. The number of ether oxygens (including phenoxy) is 1. The Balaban J connectivity index is 1.91. The van der Waals surface area contributed by atoms with Crippen LogP contribution in [0.1, 0.15) is 5.56 Å². The number of benzene rings is 1. The number of carbonyl (C=O) groups is 1. The van der Waals surface area contributed by atoms with Gasteiger partial charge in [-0.25, -0.2) is 0 Å². The summed E-state index contributed by atoms with van der Waals surface area (Å²) in [5.41, 5.74) is -2.94. The molecule has 1 heterocycles. The van der Waals surface area contributed by atoms with Crippen LogP contribution in [0.15, 0.2) is 18.2 Å². The average Bonchev–Trinajstić information content (AvgIpc) is 2.72. The van der Waals surface area contributed by atoms with Gasteiger partial charge in [-0.2, -0.15) is 13.2 Å². The van der Waals surface area contributed by atoms with Crippen molar-refractivity contribution in [2.24, 2.45) is 0 Å². The molecule has 2 rings (SSSR count). The number of anilines is 1. The van der Waals surface area contributed by atoms with Gasteiger partial charge in [0.15, 0.2) is 0 Å². The quantitative estimate of drug-likeness (QED) is 0.923. The van der Waals surface area contributed by atoms with Gasteiger partial charge < -0.3 is 10.1 Å². The fourth-order valence-electron chi connectivity index (χ4n) is 1.61. The van der Waals surface area contributed by atoms with Crippen LogP contribution in [0.2, 0.25) is 0 Å². The zero-order valence-electron chi connectivity index (χ0n) is 9.21. The van der Waals surface area contributed by atoms with E-state index in [0.717, 1.165) is 17.7 Å². The van der Waals surface area contributed by atoms with Crippen LogP contribution in [0.25, 0.3) is 0 Å². The van der Waals surface area contributed by atoms with E-state index in [1.807, 2.05) is 0 Å². The molecule has 0 bridgehead atoms. The van der Waals surface area contributed by atoms with Crippen LogP contribution in [0.4, 0.5) is 18.9 Å². The average molecular weight is 277 g/mol. The van der Waals surface area contributed by atoms with Crippen LogP contribution in [-0.4, -0.2) is 23.8 Å². The molecule has 1 aromatic rings. The van der Waals surface area contributed by atoms with E-state index in [0.29, 0.717) is 12.3 Å². The number of nitrogens with one attached hydrogen (secondary N) is 1. The summed E-state index contributed by atoms with van der Waals surface area (Å²) in [6.45, 7) is 0.594. The highest BCUT2D eigenvalue weighted by Crippen LogP contribution is 2.30. The lowest BCUT2D eigenvalue weighted by Gasteiger charge is -2.08. The van der Waals surface area contributed by atoms with Gasteiger partial charge in [0, 0.05) is 12.1 Å². The highest BCUT2D eigenvalue weighted by molar-refractivity contribution is 8.00. The molecule has 0 unspecified atom stereocenters. The van der Waals surface area contributed by atoms with Crippen molar-refractivity contribution in [2.75, 3.05) is 17.7 Å². The van der Waals surface area contributed by atoms with Gasteiger partial charge in [-0.1, -0.05) is 0 Å². The molecule has 0 saturated carbocycles. The highest BCUT2D eigenvalue weighted by Gasteiger charge is 2.29. The third kappa shape index (κ3) is 3.56. The number of hydrogen-bond acceptors (Lipinski definition) is 3. The number of rotatable bonds is 3. The zero-order chi connectivity index (χ0) is 13.2. The van der Waals surface area contributed by atoms with Crippen molar-refractivity contribution in [3.8, 4) is 5.75 Å². The lowest BCUT2D eigenvalue weighted by atomic mass is 10.1. The summed E-state index contributed by atoms with van der Waals surface area (Å²) in [6.07, 6.45) is 0.746. The molecule has 7 heteroatoms. The van der Waals surface area contributed by atoms with E-state index in [4.69, 9.17) is 4.74 Å². The predicted molar refractivity (Wildman–Crippen MR) is 62.8 cm³/mol. The van der Waals surface area contributed by atoms with E-state index in [1.54, 1.807) is 18.2 Å². The minimum Gasteiger partial charge on any atom is -0.493 e. The Kier molecular flexibility index (Phi) is 3.70. The summed E-state index contributed by atoms with van der Waals surface area (Å²) in [6, 6.07) is 5.04. The molecule has 0 radical (unpaired) electrons. The van der Waals surface area contributed by atoms with Crippen LogP contribution in [0.3, 0.4) is 0 Å². The van der Waals surface area contributed by atoms with Crippen LogP contribution in [-0.2, 0) is 11.2 Å². The van der Waals surface area contributed by atoms with Crippen LogP contribution in [0, 0.1) is 0 Å². The maximum absolute atomic E-state index is 11.9. The maximum atomic E-state index is 11.9. The second kappa shape index (κ2) is 5.09. The molecule has 1 N–H and O–H groups in total. The van der Waals surface area contributed by atoms with Gasteiger partial charge >= 0.3 is 5.51 Å². The first-order chi connectivity index (χ1) is 8.44. The number of halogens is 3. The van der Waals surface area contributed by atoms with E-state index in [-0.39, 0.29) is 11.8 Å². The van der Waals surface area contributed by atoms with Crippen molar-refractivity contribution in [1.29, 1.82) is 0 Å². The van der Waals surface area contributed by atoms with Crippen LogP contribution >= 0.6 is 11.8 Å². The molecule has 98 valence electrons. The fourth-order valence-corrected chi connectivity index (χ4v) is 1.98. The van der Waals surface area contributed by atoms with E-state index in [2.05, 4.69) is 5.32 Å². The van der Waals surface area contributed by atoms with Crippen molar-refractivity contribution in [3.63, 3.8) is 0 Å². The zero-order valence-corrected chi connectivity index (χ0v) is 10.0. The van der Waals surface area contributed by atoms with E-state index < -0.39 is 17.2 Å². The summed E-state index contributed by atoms with van der Waals surface area (Å²) in [5.74, 6) is -0.550. The molecule has 0 aromatic heterocycles. The lowest BCUT2D eigenvalue weighted by molar-refractivity contribution is -0.114. The van der Waals surface area contributed by atoms with E-state index >= 15 is 0 Å². The highest BCUT2D eigenvalue weighted by atomic mass is 32.2. The summed E-state index contributed by atoms with van der Waals surface area (Å²) in [5, 5.41) is 2.43. The fraction of sp³-hybridized carbons (Fsp3) is 0.364. The van der Waals surface area contributed by atoms with Crippen molar-refractivity contribution in [3.05, 3.63) is 23.8 Å². The first-order valence-corrected chi connectivity index (χ1v) is 6.19. The van der Waals surface area contributed by atoms with Gasteiger partial charge in [-0.3, -0.25) is 4.79 Å². The predicted octanol–water partition coefficient (Wildman–Crippen LogP) is 2.81. The first kappa shape index (κ1) is 13.1. The summed E-state index contributed by atoms with van der Waals surface area (Å²) in [7, 11) is 0. The number of alkyl halides is 3. The molecular weight excluding hydrogens is 267 g/mol. The third-order valence-electron chi connectivity index (χ3n) is 2.34. The standard InChI is InChI=1S/C11H10F3NO2S/c12-11(13,14)18-6-10(16)15-8-1-2-9-7(5-8)3-4-17-9/h1-2,5H,3-4,6H2,(H,15,16). The molecule has 1 aromatic carbocycles. The lowest BCUT2D eigenvalue weighted by Crippen LogP contribution is -2.17. The number of thioether (sulfide) groups is 1. The molecule has 1 amide bonds. The molecule has 18 heavy (non-hydrogen) atoms. The van der Waals surface area contributed by atoms with Crippen LogP contribution in [0.5, 0.6) is 5.75 Å². The van der Waals surface area contributed by atoms with Gasteiger partial charge in [0.2, 0.25) is 5.91 Å². The normalized spacial score (nSPS) is 13.9.